The van der Waals surface area contributed by atoms with Crippen LogP contribution in [-0.4, -0.2) is 26.5 Å². The van der Waals surface area contributed by atoms with E-state index in [-0.39, 0.29) is 16.0 Å². The van der Waals surface area contributed by atoms with Gasteiger partial charge in [-0.2, -0.15) is 0 Å². The number of hydrogen-bond donors (Lipinski definition) is 3. The second kappa shape index (κ2) is 8.27. The van der Waals surface area contributed by atoms with Gasteiger partial charge in [0.1, 0.15) is 12.4 Å². The number of hydrogen-bond acceptors (Lipinski definition) is 4. The lowest BCUT2D eigenvalue weighted by atomic mass is 10.0. The zero-order valence-corrected chi connectivity index (χ0v) is 15.6. The normalized spacial score (nSPS) is 11.9. The highest BCUT2D eigenvalue weighted by Crippen LogP contribution is 2.22. The van der Waals surface area contributed by atoms with Crippen LogP contribution in [0.25, 0.3) is 10.9 Å². The van der Waals surface area contributed by atoms with Gasteiger partial charge in [-0.25, -0.2) is 9.18 Å². The molecule has 0 aliphatic rings. The van der Waals surface area contributed by atoms with Crippen LogP contribution in [0.1, 0.15) is 18.0 Å². The maximum Gasteiger partial charge on any atom is 0.329 e. The number of carbonyl (C=O) groups excluding carboxylic acids is 1. The van der Waals surface area contributed by atoms with Crippen molar-refractivity contribution in [3.05, 3.63) is 79.7 Å². The number of aliphatic carboxylic acids is 1. The van der Waals surface area contributed by atoms with E-state index in [9.17, 15) is 23.6 Å². The number of para-hydroxylation sites is 1. The number of nitrogens with one attached hydrogen (secondary N) is 2. The van der Waals surface area contributed by atoms with Crippen LogP contribution in [0.4, 0.5) is 4.39 Å². The van der Waals surface area contributed by atoms with Gasteiger partial charge >= 0.3 is 11.7 Å². The number of aromatic amines is 1. The number of nitrogens with zero attached hydrogens (tertiary/aromatic N) is 1. The number of rotatable bonds is 6. The molecule has 1 unspecified atom stereocenters. The van der Waals surface area contributed by atoms with Crippen molar-refractivity contribution < 1.29 is 19.1 Å². The Balaban J connectivity index is 1.88. The molecule has 29 heavy (non-hydrogen) atoms. The van der Waals surface area contributed by atoms with Crippen LogP contribution in [-0.2, 0) is 16.1 Å². The van der Waals surface area contributed by atoms with Gasteiger partial charge < -0.3 is 15.4 Å². The molecule has 0 spiro atoms. The van der Waals surface area contributed by atoms with Crippen LogP contribution < -0.4 is 16.6 Å². The first kappa shape index (κ1) is 20.3. The number of benzene rings is 2. The average molecular weight is 420 g/mol. The van der Waals surface area contributed by atoms with Gasteiger partial charge in [-0.1, -0.05) is 29.8 Å². The fourth-order valence-electron chi connectivity index (χ4n) is 2.88. The molecule has 0 bridgehead atoms. The third-order valence-corrected chi connectivity index (χ3v) is 4.56. The van der Waals surface area contributed by atoms with Crippen molar-refractivity contribution in [2.75, 3.05) is 0 Å². The average Bonchev–Trinajstić information content (AvgIpc) is 2.66. The van der Waals surface area contributed by atoms with Gasteiger partial charge in [0.15, 0.2) is 0 Å². The molecule has 0 radical (unpaired) electrons. The fourth-order valence-corrected chi connectivity index (χ4v) is 3.00. The minimum absolute atomic E-state index is 0.150. The summed E-state index contributed by atoms with van der Waals surface area (Å²) in [5.74, 6) is -2.78. The van der Waals surface area contributed by atoms with Gasteiger partial charge in [-0.3, -0.25) is 19.0 Å². The first-order valence-electron chi connectivity index (χ1n) is 8.44. The Bertz CT molecular complexity index is 1220. The van der Waals surface area contributed by atoms with Gasteiger partial charge in [0.25, 0.3) is 5.56 Å². The summed E-state index contributed by atoms with van der Waals surface area (Å²) in [5, 5.41) is 11.6. The first-order chi connectivity index (χ1) is 13.8. The maximum absolute atomic E-state index is 13.7. The number of aromatic nitrogens is 2. The second-order valence-electron chi connectivity index (χ2n) is 6.26. The molecular formula is C19H15ClFN3O5. The van der Waals surface area contributed by atoms with Gasteiger partial charge in [0, 0.05) is 0 Å². The Morgan fingerprint density at radius 1 is 1.21 bits per heavy atom. The van der Waals surface area contributed by atoms with E-state index in [4.69, 9.17) is 16.7 Å². The molecule has 2 aromatic carbocycles. The largest absolute Gasteiger partial charge is 0.481 e. The molecule has 0 saturated heterocycles. The van der Waals surface area contributed by atoms with Gasteiger partial charge in [0.2, 0.25) is 5.91 Å². The van der Waals surface area contributed by atoms with Gasteiger partial charge in [-0.15, -0.1) is 0 Å². The Labute approximate surface area is 167 Å². The lowest BCUT2D eigenvalue weighted by Gasteiger charge is -2.18. The smallest absolute Gasteiger partial charge is 0.329 e. The number of halogens is 2. The van der Waals surface area contributed by atoms with Crippen molar-refractivity contribution in [1.29, 1.82) is 0 Å². The molecule has 3 rings (SSSR count). The summed E-state index contributed by atoms with van der Waals surface area (Å²) in [6, 6.07) is 8.89. The molecule has 1 amide bonds. The Morgan fingerprint density at radius 2 is 1.93 bits per heavy atom. The number of carboxylic acid groups (broad SMARTS) is 1. The third-order valence-electron chi connectivity index (χ3n) is 4.25. The third kappa shape index (κ3) is 4.52. The molecule has 0 aliphatic carbocycles. The maximum atomic E-state index is 13.7. The molecule has 0 saturated carbocycles. The summed E-state index contributed by atoms with van der Waals surface area (Å²) in [6.07, 6.45) is -0.532. The lowest BCUT2D eigenvalue weighted by Crippen LogP contribution is -2.41. The van der Waals surface area contributed by atoms with E-state index in [0.717, 1.165) is 6.07 Å². The summed E-state index contributed by atoms with van der Waals surface area (Å²) < 4.78 is 14.4. The highest BCUT2D eigenvalue weighted by molar-refractivity contribution is 6.30. The van der Waals surface area contributed by atoms with Crippen LogP contribution in [0.15, 0.2) is 52.1 Å². The minimum atomic E-state index is -1.23. The first-order valence-corrected chi connectivity index (χ1v) is 8.82. The lowest BCUT2D eigenvalue weighted by molar-refractivity contribution is -0.137. The highest BCUT2D eigenvalue weighted by atomic mass is 35.5. The molecule has 10 heteroatoms. The Morgan fingerprint density at radius 3 is 2.62 bits per heavy atom. The Kier molecular flexibility index (Phi) is 5.79. The zero-order chi connectivity index (χ0) is 21.1. The van der Waals surface area contributed by atoms with Crippen molar-refractivity contribution in [3.8, 4) is 0 Å². The molecule has 150 valence electrons. The molecule has 3 aromatic rings. The minimum Gasteiger partial charge on any atom is -0.481 e. The van der Waals surface area contributed by atoms with Crippen molar-refractivity contribution in [2.45, 2.75) is 19.0 Å². The highest BCUT2D eigenvalue weighted by Gasteiger charge is 2.20. The van der Waals surface area contributed by atoms with Gasteiger partial charge in [0.05, 0.1) is 28.4 Å². The number of carboxylic acids is 1. The van der Waals surface area contributed by atoms with E-state index < -0.39 is 48.0 Å². The Hall–Kier alpha value is -3.46. The SMILES string of the molecule is O=C(O)CC(NC(=O)Cn1c(=O)[nH]c2ccccc2c1=O)c1ccc(Cl)c(F)c1. The molecule has 1 aromatic heterocycles. The van der Waals surface area contributed by atoms with Crippen molar-refractivity contribution >= 4 is 34.4 Å². The molecule has 0 aliphatic heterocycles. The number of amides is 1. The molecule has 0 fully saturated rings. The standard InChI is InChI=1S/C19H15ClFN3O5/c20-12-6-5-10(7-13(12)21)15(8-17(26)27)22-16(25)9-24-18(28)11-3-1-2-4-14(11)23-19(24)29/h1-7,15H,8-9H2,(H,22,25)(H,23,29)(H,26,27). The van der Waals surface area contributed by atoms with E-state index in [1.165, 1.54) is 18.2 Å². The predicted octanol–water partition coefficient (Wildman–Crippen LogP) is 1.81. The topological polar surface area (TPSA) is 121 Å². The molecular weight excluding hydrogens is 405 g/mol. The number of fused-ring (bicyclic) bond motifs is 1. The summed E-state index contributed by atoms with van der Waals surface area (Å²) in [6.45, 7) is -0.634. The van der Waals surface area contributed by atoms with Crippen LogP contribution in [0.5, 0.6) is 0 Å². The van der Waals surface area contributed by atoms with Crippen LogP contribution in [0.2, 0.25) is 5.02 Å². The van der Waals surface area contributed by atoms with Crippen molar-refractivity contribution in [1.82, 2.24) is 14.9 Å². The molecule has 1 heterocycles. The van der Waals surface area contributed by atoms with Crippen molar-refractivity contribution in [2.24, 2.45) is 0 Å². The molecule has 8 nitrogen and oxygen atoms in total. The van der Waals surface area contributed by atoms with E-state index in [0.29, 0.717) is 10.1 Å². The van der Waals surface area contributed by atoms with Crippen LogP contribution in [0.3, 0.4) is 0 Å². The fraction of sp³-hybridized carbons (Fsp3) is 0.158. The summed E-state index contributed by atoms with van der Waals surface area (Å²) >= 11 is 5.63. The predicted molar refractivity (Wildman–Crippen MR) is 103 cm³/mol. The van der Waals surface area contributed by atoms with Crippen LogP contribution in [0, 0.1) is 5.82 Å². The number of H-pyrrole nitrogens is 1. The number of carbonyl (C=O) groups is 2. The van der Waals surface area contributed by atoms with E-state index in [2.05, 4.69) is 10.3 Å². The quantitative estimate of drug-likeness (QED) is 0.562. The summed E-state index contributed by atoms with van der Waals surface area (Å²) in [7, 11) is 0. The van der Waals surface area contributed by atoms with E-state index >= 15 is 0 Å². The monoisotopic (exact) mass is 419 g/mol. The summed E-state index contributed by atoms with van der Waals surface area (Å²) in [4.78, 5) is 50.8. The second-order valence-corrected chi connectivity index (χ2v) is 6.67. The van der Waals surface area contributed by atoms with Crippen LogP contribution >= 0.6 is 11.6 Å². The van der Waals surface area contributed by atoms with E-state index in [1.807, 2.05) is 0 Å². The summed E-state index contributed by atoms with van der Waals surface area (Å²) in [5.41, 5.74) is -0.926. The van der Waals surface area contributed by atoms with Gasteiger partial charge in [-0.05, 0) is 29.8 Å². The zero-order valence-electron chi connectivity index (χ0n) is 14.8. The molecule has 3 N–H and O–H groups in total. The van der Waals surface area contributed by atoms with Crippen molar-refractivity contribution in [3.63, 3.8) is 0 Å². The molecule has 1 atom stereocenters. The van der Waals surface area contributed by atoms with E-state index in [1.54, 1.807) is 18.2 Å².